The summed E-state index contributed by atoms with van der Waals surface area (Å²) >= 11 is 6.30. The molecule has 2 aromatic carbocycles. The van der Waals surface area contributed by atoms with Crippen molar-refractivity contribution in [3.63, 3.8) is 0 Å². The van der Waals surface area contributed by atoms with Crippen molar-refractivity contribution in [2.45, 2.75) is 13.8 Å². The van der Waals surface area contributed by atoms with E-state index in [1.54, 1.807) is 48.5 Å². The zero-order chi connectivity index (χ0) is 19.1. The number of allylic oxidation sites excluding steroid dienone is 3. The lowest BCUT2D eigenvalue weighted by atomic mass is 10.1. The molecule has 0 atom stereocenters. The van der Waals surface area contributed by atoms with Gasteiger partial charge in [-0.25, -0.2) is 4.79 Å². The molecule has 0 bridgehead atoms. The molecule has 0 heterocycles. The van der Waals surface area contributed by atoms with Crippen molar-refractivity contribution < 1.29 is 19.1 Å². The van der Waals surface area contributed by atoms with E-state index in [9.17, 15) is 14.4 Å². The van der Waals surface area contributed by atoms with Gasteiger partial charge in [0.1, 0.15) is 5.75 Å². The predicted octanol–water partition coefficient (Wildman–Crippen LogP) is 4.59. The zero-order valence-corrected chi connectivity index (χ0v) is 15.1. The van der Waals surface area contributed by atoms with Crippen LogP contribution in [0.4, 0.5) is 0 Å². The molecule has 2 aromatic rings. The fraction of sp³-hybridized carbons (Fsp3) is 0.0952. The topological polar surface area (TPSA) is 60.4 Å². The van der Waals surface area contributed by atoms with Crippen molar-refractivity contribution in [3.05, 3.63) is 83.4 Å². The van der Waals surface area contributed by atoms with Crippen molar-refractivity contribution in [2.75, 3.05) is 0 Å². The van der Waals surface area contributed by atoms with Crippen LogP contribution in [0.25, 0.3) is 5.03 Å². The van der Waals surface area contributed by atoms with Crippen LogP contribution in [0.3, 0.4) is 0 Å². The molecular weight excluding hydrogens is 352 g/mol. The molecule has 0 unspecified atom stereocenters. The molecule has 0 fully saturated rings. The highest BCUT2D eigenvalue weighted by Crippen LogP contribution is 2.25. The molecule has 0 aliphatic carbocycles. The predicted molar refractivity (Wildman–Crippen MR) is 101 cm³/mol. The first kappa shape index (κ1) is 19.3. The van der Waals surface area contributed by atoms with Crippen LogP contribution in [0.5, 0.6) is 5.75 Å². The molecule has 0 saturated carbocycles. The Morgan fingerprint density at radius 1 is 0.808 bits per heavy atom. The largest absolute Gasteiger partial charge is 0.423 e. The minimum atomic E-state index is -0.555. The molecule has 26 heavy (non-hydrogen) atoms. The van der Waals surface area contributed by atoms with E-state index in [2.05, 4.69) is 0 Å². The molecular formula is C21H17ClO4. The lowest BCUT2D eigenvalue weighted by Gasteiger charge is -2.08. The smallest absolute Gasteiger partial charge is 0.344 e. The van der Waals surface area contributed by atoms with Crippen molar-refractivity contribution in [1.82, 2.24) is 0 Å². The number of ketones is 2. The van der Waals surface area contributed by atoms with Gasteiger partial charge in [0.25, 0.3) is 0 Å². The van der Waals surface area contributed by atoms with E-state index in [0.717, 1.165) is 0 Å². The van der Waals surface area contributed by atoms with Gasteiger partial charge in [-0.15, -0.1) is 0 Å². The van der Waals surface area contributed by atoms with Crippen molar-refractivity contribution in [3.8, 4) is 5.75 Å². The number of benzene rings is 2. The van der Waals surface area contributed by atoms with E-state index in [1.165, 1.54) is 26.0 Å². The number of hydrogen-bond donors (Lipinski definition) is 0. The number of carbonyl (C=O) groups excluding carboxylic acids is 3. The fourth-order valence-corrected chi connectivity index (χ4v) is 2.48. The van der Waals surface area contributed by atoms with E-state index >= 15 is 0 Å². The molecule has 0 aliphatic heterocycles. The van der Waals surface area contributed by atoms with Crippen LogP contribution in [-0.4, -0.2) is 17.5 Å². The zero-order valence-electron chi connectivity index (χ0n) is 14.4. The monoisotopic (exact) mass is 368 g/mol. The lowest BCUT2D eigenvalue weighted by Crippen LogP contribution is -2.10. The van der Waals surface area contributed by atoms with E-state index in [4.69, 9.17) is 16.3 Å². The molecule has 132 valence electrons. The number of Topliss-reactive ketones (excluding diaryl/α,β-unsaturated/α-hetero) is 2. The van der Waals surface area contributed by atoms with Gasteiger partial charge >= 0.3 is 5.97 Å². The summed E-state index contributed by atoms with van der Waals surface area (Å²) in [5.41, 5.74) is 0.753. The number of carbonyl (C=O) groups is 3. The van der Waals surface area contributed by atoms with Gasteiger partial charge in [-0.3, -0.25) is 9.59 Å². The van der Waals surface area contributed by atoms with Crippen LogP contribution < -0.4 is 4.74 Å². The Morgan fingerprint density at radius 3 is 1.92 bits per heavy atom. The Labute approximate surface area is 156 Å². The average molecular weight is 369 g/mol. The summed E-state index contributed by atoms with van der Waals surface area (Å²) in [4.78, 5) is 35.4. The molecule has 0 aromatic heterocycles. The van der Waals surface area contributed by atoms with Gasteiger partial charge in [-0.1, -0.05) is 48.0 Å². The summed E-state index contributed by atoms with van der Waals surface area (Å²) in [6, 6.07) is 15.4. The van der Waals surface area contributed by atoms with Crippen molar-refractivity contribution in [2.24, 2.45) is 0 Å². The second kappa shape index (κ2) is 8.92. The summed E-state index contributed by atoms with van der Waals surface area (Å²) < 4.78 is 5.34. The van der Waals surface area contributed by atoms with Gasteiger partial charge in [0.2, 0.25) is 0 Å². The van der Waals surface area contributed by atoms with Crippen LogP contribution in [0.15, 0.2) is 72.3 Å². The van der Waals surface area contributed by atoms with E-state index in [0.29, 0.717) is 11.3 Å². The maximum Gasteiger partial charge on any atom is 0.344 e. The average Bonchev–Trinajstić information content (AvgIpc) is 2.62. The minimum Gasteiger partial charge on any atom is -0.423 e. The Morgan fingerprint density at radius 2 is 1.35 bits per heavy atom. The SMILES string of the molecule is CC(=O)C(=CC=C(Cl)c1ccccc1C(=O)Oc1ccccc1)C(C)=O. The molecule has 4 nitrogen and oxygen atoms in total. The molecule has 0 amide bonds. The fourth-order valence-electron chi connectivity index (χ4n) is 2.25. The van der Waals surface area contributed by atoms with Gasteiger partial charge in [0.05, 0.1) is 11.1 Å². The highest BCUT2D eigenvalue weighted by molar-refractivity contribution is 6.49. The van der Waals surface area contributed by atoms with Crippen LogP contribution in [-0.2, 0) is 9.59 Å². The number of rotatable bonds is 6. The van der Waals surface area contributed by atoms with Crippen LogP contribution >= 0.6 is 11.6 Å². The van der Waals surface area contributed by atoms with Gasteiger partial charge in [0, 0.05) is 10.6 Å². The standard InChI is InChI=1S/C21H17ClO4/c1-14(23)17(15(2)24)12-13-20(22)18-10-6-7-11-19(18)21(25)26-16-8-4-3-5-9-16/h3-13H,1-2H3. The quantitative estimate of drug-likeness (QED) is 0.187. The number of ether oxygens (including phenoxy) is 1. The Hall–Kier alpha value is -2.98. The summed E-state index contributed by atoms with van der Waals surface area (Å²) in [5.74, 6) is -0.839. The van der Waals surface area contributed by atoms with Crippen LogP contribution in [0.1, 0.15) is 29.8 Å². The third kappa shape index (κ3) is 5.01. The maximum absolute atomic E-state index is 12.5. The first-order valence-electron chi connectivity index (χ1n) is 7.86. The van der Waals surface area contributed by atoms with E-state index in [1.807, 2.05) is 6.07 Å². The van der Waals surface area contributed by atoms with Crippen LogP contribution in [0.2, 0.25) is 0 Å². The summed E-state index contributed by atoms with van der Waals surface area (Å²) in [6.45, 7) is 2.61. The molecule has 5 heteroatoms. The maximum atomic E-state index is 12.5. The van der Waals surface area contributed by atoms with Gasteiger partial charge < -0.3 is 4.74 Å². The van der Waals surface area contributed by atoms with Crippen molar-refractivity contribution in [1.29, 1.82) is 0 Å². The Bertz CT molecular complexity index is 879. The summed E-state index contributed by atoms with van der Waals surface area (Å²) in [5, 5.41) is 0.214. The minimum absolute atomic E-state index is 0.0347. The molecule has 2 rings (SSSR count). The first-order chi connectivity index (χ1) is 12.4. The van der Waals surface area contributed by atoms with Crippen LogP contribution in [0, 0.1) is 0 Å². The highest BCUT2D eigenvalue weighted by atomic mass is 35.5. The molecule has 0 radical (unpaired) electrons. The van der Waals surface area contributed by atoms with Gasteiger partial charge in [-0.05, 0) is 44.2 Å². The molecule has 0 saturated heterocycles. The number of halogens is 1. The Balaban J connectivity index is 2.34. The molecule has 0 spiro atoms. The highest BCUT2D eigenvalue weighted by Gasteiger charge is 2.15. The van der Waals surface area contributed by atoms with Crippen molar-refractivity contribution >= 4 is 34.2 Å². The third-order valence-electron chi connectivity index (χ3n) is 3.51. The number of hydrogen-bond acceptors (Lipinski definition) is 4. The van der Waals surface area contributed by atoms with E-state index < -0.39 is 5.97 Å². The Kier molecular flexibility index (Phi) is 6.64. The third-order valence-corrected chi connectivity index (χ3v) is 3.84. The lowest BCUT2D eigenvalue weighted by molar-refractivity contribution is -0.119. The molecule has 0 N–H and O–H groups in total. The number of para-hydroxylation sites is 1. The number of esters is 1. The summed E-state index contributed by atoms with van der Waals surface area (Å²) in [7, 11) is 0. The summed E-state index contributed by atoms with van der Waals surface area (Å²) in [6.07, 6.45) is 2.78. The van der Waals surface area contributed by atoms with E-state index in [-0.39, 0.29) is 27.7 Å². The second-order valence-corrected chi connectivity index (χ2v) is 5.86. The van der Waals surface area contributed by atoms with Gasteiger partial charge in [-0.2, -0.15) is 0 Å². The first-order valence-corrected chi connectivity index (χ1v) is 8.24. The normalized spacial score (nSPS) is 10.8. The second-order valence-electron chi connectivity index (χ2n) is 5.46. The van der Waals surface area contributed by atoms with Gasteiger partial charge in [0.15, 0.2) is 11.6 Å². The molecule has 0 aliphatic rings.